The minimum atomic E-state index is -0.206. The van der Waals surface area contributed by atoms with Crippen molar-refractivity contribution in [1.82, 2.24) is 5.32 Å². The summed E-state index contributed by atoms with van der Waals surface area (Å²) >= 11 is 0. The molecule has 1 aromatic carbocycles. The summed E-state index contributed by atoms with van der Waals surface area (Å²) in [5.41, 5.74) is 2.33. The quantitative estimate of drug-likeness (QED) is 0.669. The number of benzene rings is 1. The van der Waals surface area contributed by atoms with E-state index in [1.807, 2.05) is 19.1 Å². The van der Waals surface area contributed by atoms with Crippen molar-refractivity contribution in [2.24, 2.45) is 5.92 Å². The SMILES string of the molecule is CCCCC(CC)CNC(=O)Nc1cc(NC(C)=O)ccc1C. The average Bonchev–Trinajstić information content (AvgIpc) is 2.50. The van der Waals surface area contributed by atoms with E-state index in [1.54, 1.807) is 6.07 Å². The van der Waals surface area contributed by atoms with Gasteiger partial charge in [0.15, 0.2) is 0 Å². The van der Waals surface area contributed by atoms with Gasteiger partial charge in [-0.2, -0.15) is 0 Å². The number of aryl methyl sites for hydroxylation is 1. The number of carbonyl (C=O) groups excluding carboxylic acids is 2. The molecule has 1 atom stereocenters. The van der Waals surface area contributed by atoms with Crippen molar-refractivity contribution in [2.75, 3.05) is 17.2 Å². The van der Waals surface area contributed by atoms with Gasteiger partial charge in [-0.25, -0.2) is 4.79 Å². The van der Waals surface area contributed by atoms with E-state index < -0.39 is 0 Å². The van der Waals surface area contributed by atoms with Gasteiger partial charge in [0, 0.05) is 24.8 Å². The van der Waals surface area contributed by atoms with Crippen LogP contribution in [0.3, 0.4) is 0 Å². The third kappa shape index (κ3) is 7.17. The van der Waals surface area contributed by atoms with Gasteiger partial charge in [0.25, 0.3) is 0 Å². The van der Waals surface area contributed by atoms with E-state index in [-0.39, 0.29) is 11.9 Å². The number of hydrogen-bond acceptors (Lipinski definition) is 2. The molecule has 3 amide bonds. The summed E-state index contributed by atoms with van der Waals surface area (Å²) in [4.78, 5) is 23.2. The Hall–Kier alpha value is -2.04. The molecular formula is C18H29N3O2. The lowest BCUT2D eigenvalue weighted by Gasteiger charge is -2.16. The molecule has 128 valence electrons. The monoisotopic (exact) mass is 319 g/mol. The number of amides is 3. The van der Waals surface area contributed by atoms with Crippen molar-refractivity contribution in [3.05, 3.63) is 23.8 Å². The summed E-state index contributed by atoms with van der Waals surface area (Å²) in [6, 6.07) is 5.25. The first-order valence-electron chi connectivity index (χ1n) is 8.39. The minimum Gasteiger partial charge on any atom is -0.338 e. The Morgan fingerprint density at radius 1 is 1.17 bits per heavy atom. The fourth-order valence-corrected chi connectivity index (χ4v) is 2.38. The topological polar surface area (TPSA) is 70.2 Å². The van der Waals surface area contributed by atoms with Gasteiger partial charge in [-0.05, 0) is 37.0 Å². The molecule has 0 aliphatic heterocycles. The average molecular weight is 319 g/mol. The Bertz CT molecular complexity index is 529. The van der Waals surface area contributed by atoms with Crippen LogP contribution >= 0.6 is 0 Å². The maximum atomic E-state index is 12.1. The number of anilines is 2. The van der Waals surface area contributed by atoms with Gasteiger partial charge >= 0.3 is 6.03 Å². The second-order valence-corrected chi connectivity index (χ2v) is 5.96. The van der Waals surface area contributed by atoms with Crippen LogP contribution in [0, 0.1) is 12.8 Å². The molecule has 0 fully saturated rings. The van der Waals surface area contributed by atoms with Crippen LogP contribution in [0.4, 0.5) is 16.2 Å². The van der Waals surface area contributed by atoms with Crippen molar-refractivity contribution in [3.8, 4) is 0 Å². The number of carbonyl (C=O) groups is 2. The van der Waals surface area contributed by atoms with Crippen molar-refractivity contribution in [1.29, 1.82) is 0 Å². The summed E-state index contributed by atoms with van der Waals surface area (Å²) in [5, 5.41) is 8.52. The van der Waals surface area contributed by atoms with Crippen LogP contribution < -0.4 is 16.0 Å². The first-order valence-corrected chi connectivity index (χ1v) is 8.39. The number of nitrogens with one attached hydrogen (secondary N) is 3. The first-order chi connectivity index (χ1) is 11.0. The van der Waals surface area contributed by atoms with Gasteiger partial charge in [-0.15, -0.1) is 0 Å². The second-order valence-electron chi connectivity index (χ2n) is 5.96. The Morgan fingerprint density at radius 3 is 2.52 bits per heavy atom. The van der Waals surface area contributed by atoms with Crippen LogP contribution in [0.15, 0.2) is 18.2 Å². The highest BCUT2D eigenvalue weighted by molar-refractivity contribution is 5.93. The molecule has 0 bridgehead atoms. The van der Waals surface area contributed by atoms with E-state index in [0.717, 1.165) is 18.4 Å². The molecule has 3 N–H and O–H groups in total. The second kappa shape index (κ2) is 9.87. The number of rotatable bonds is 8. The molecule has 0 radical (unpaired) electrons. The van der Waals surface area contributed by atoms with E-state index in [1.165, 1.54) is 19.8 Å². The summed E-state index contributed by atoms with van der Waals surface area (Å²) in [5.74, 6) is 0.387. The van der Waals surface area contributed by atoms with E-state index in [2.05, 4.69) is 29.8 Å². The van der Waals surface area contributed by atoms with Crippen LogP contribution in [0.5, 0.6) is 0 Å². The third-order valence-corrected chi connectivity index (χ3v) is 3.90. The van der Waals surface area contributed by atoms with Crippen LogP contribution in [0.1, 0.15) is 52.0 Å². The Balaban J connectivity index is 2.57. The predicted octanol–water partition coefficient (Wildman–Crippen LogP) is 4.29. The lowest BCUT2D eigenvalue weighted by molar-refractivity contribution is -0.114. The van der Waals surface area contributed by atoms with Crippen LogP contribution in [-0.2, 0) is 4.79 Å². The highest BCUT2D eigenvalue weighted by Crippen LogP contribution is 2.20. The molecule has 0 saturated heterocycles. The predicted molar refractivity (Wildman–Crippen MR) is 95.8 cm³/mol. The van der Waals surface area contributed by atoms with E-state index in [9.17, 15) is 9.59 Å². The molecule has 1 unspecified atom stereocenters. The zero-order valence-corrected chi connectivity index (χ0v) is 14.7. The lowest BCUT2D eigenvalue weighted by Crippen LogP contribution is -2.33. The fourth-order valence-electron chi connectivity index (χ4n) is 2.38. The van der Waals surface area contributed by atoms with E-state index >= 15 is 0 Å². The lowest BCUT2D eigenvalue weighted by atomic mass is 9.99. The molecule has 1 rings (SSSR count). The van der Waals surface area contributed by atoms with Gasteiger partial charge in [-0.3, -0.25) is 4.79 Å². The third-order valence-electron chi connectivity index (χ3n) is 3.90. The van der Waals surface area contributed by atoms with Gasteiger partial charge in [-0.1, -0.05) is 39.2 Å². The Labute approximate surface area is 139 Å². The van der Waals surface area contributed by atoms with Crippen LogP contribution in [-0.4, -0.2) is 18.5 Å². The molecule has 0 aliphatic rings. The van der Waals surface area contributed by atoms with Crippen molar-refractivity contribution >= 4 is 23.3 Å². The highest BCUT2D eigenvalue weighted by Gasteiger charge is 2.10. The molecule has 23 heavy (non-hydrogen) atoms. The van der Waals surface area contributed by atoms with Crippen LogP contribution in [0.25, 0.3) is 0 Å². The molecule has 5 nitrogen and oxygen atoms in total. The number of unbranched alkanes of at least 4 members (excludes halogenated alkanes) is 1. The fraction of sp³-hybridized carbons (Fsp3) is 0.556. The molecule has 1 aromatic rings. The molecule has 0 aliphatic carbocycles. The van der Waals surface area contributed by atoms with Crippen molar-refractivity contribution in [3.63, 3.8) is 0 Å². The molecule has 0 aromatic heterocycles. The molecular weight excluding hydrogens is 290 g/mol. The normalized spacial score (nSPS) is 11.7. The maximum Gasteiger partial charge on any atom is 0.319 e. The standard InChI is InChI=1S/C18H29N3O2/c1-5-7-8-15(6-2)12-19-18(23)21-17-11-16(20-14(4)22)10-9-13(17)3/h9-11,15H,5-8,12H2,1-4H3,(H,20,22)(H2,19,21,23). The maximum absolute atomic E-state index is 12.1. The summed E-state index contributed by atoms with van der Waals surface area (Å²) in [7, 11) is 0. The number of hydrogen-bond donors (Lipinski definition) is 3. The zero-order chi connectivity index (χ0) is 17.2. The largest absolute Gasteiger partial charge is 0.338 e. The van der Waals surface area contributed by atoms with Gasteiger partial charge < -0.3 is 16.0 Å². The minimum absolute atomic E-state index is 0.133. The smallest absolute Gasteiger partial charge is 0.319 e. The zero-order valence-electron chi connectivity index (χ0n) is 14.7. The Kier molecular flexibility index (Phi) is 8.16. The first kappa shape index (κ1) is 19.0. The molecule has 0 spiro atoms. The van der Waals surface area contributed by atoms with Crippen LogP contribution in [0.2, 0.25) is 0 Å². The van der Waals surface area contributed by atoms with E-state index in [4.69, 9.17) is 0 Å². The summed E-state index contributed by atoms with van der Waals surface area (Å²) in [6.07, 6.45) is 4.58. The summed E-state index contributed by atoms with van der Waals surface area (Å²) in [6.45, 7) is 8.40. The van der Waals surface area contributed by atoms with Gasteiger partial charge in [0.2, 0.25) is 5.91 Å². The van der Waals surface area contributed by atoms with Crippen molar-refractivity contribution < 1.29 is 9.59 Å². The van der Waals surface area contributed by atoms with Gasteiger partial charge in [0.05, 0.1) is 0 Å². The molecule has 5 heteroatoms. The highest BCUT2D eigenvalue weighted by atomic mass is 16.2. The Morgan fingerprint density at radius 2 is 1.91 bits per heavy atom. The number of urea groups is 1. The van der Waals surface area contributed by atoms with E-state index in [0.29, 0.717) is 23.8 Å². The molecule has 0 heterocycles. The molecule has 0 saturated carbocycles. The van der Waals surface area contributed by atoms with Gasteiger partial charge in [0.1, 0.15) is 0 Å². The van der Waals surface area contributed by atoms with Crippen molar-refractivity contribution in [2.45, 2.75) is 53.4 Å². The summed E-state index contributed by atoms with van der Waals surface area (Å²) < 4.78 is 0.